The molecule has 1 N–H and O–H groups in total. The maximum absolute atomic E-state index is 5.61. The van der Waals surface area contributed by atoms with Crippen LogP contribution in [0.3, 0.4) is 0 Å². The minimum absolute atomic E-state index is 0.321. The topological polar surface area (TPSA) is 30.5 Å². The van der Waals surface area contributed by atoms with Gasteiger partial charge < -0.3 is 14.8 Å². The van der Waals surface area contributed by atoms with Crippen molar-refractivity contribution in [3.63, 3.8) is 0 Å². The van der Waals surface area contributed by atoms with E-state index in [0.29, 0.717) is 18.6 Å². The van der Waals surface area contributed by atoms with E-state index in [1.54, 1.807) is 0 Å². The third kappa shape index (κ3) is 3.39. The maximum atomic E-state index is 5.61. The molecule has 100 valence electrons. The predicted octanol–water partition coefficient (Wildman–Crippen LogP) is 2.64. The second-order valence-electron chi connectivity index (χ2n) is 5.67. The molecule has 2 rings (SSSR count). The zero-order chi connectivity index (χ0) is 13.0. The molecule has 0 atom stereocenters. The van der Waals surface area contributed by atoms with E-state index in [0.717, 1.165) is 30.9 Å². The van der Waals surface area contributed by atoms with Crippen LogP contribution in [0.4, 0.5) is 0 Å². The van der Waals surface area contributed by atoms with Crippen LogP contribution in [0, 0.1) is 5.41 Å². The van der Waals surface area contributed by atoms with Gasteiger partial charge in [-0.15, -0.1) is 0 Å². The van der Waals surface area contributed by atoms with Gasteiger partial charge >= 0.3 is 0 Å². The summed E-state index contributed by atoms with van der Waals surface area (Å²) in [6, 6.07) is 6.28. The highest BCUT2D eigenvalue weighted by Crippen LogP contribution is 2.32. The first-order valence-corrected chi connectivity index (χ1v) is 6.64. The molecule has 1 aliphatic rings. The molecule has 18 heavy (non-hydrogen) atoms. The van der Waals surface area contributed by atoms with Gasteiger partial charge in [-0.1, -0.05) is 19.9 Å². The summed E-state index contributed by atoms with van der Waals surface area (Å²) in [5.41, 5.74) is 1.64. The lowest BCUT2D eigenvalue weighted by Gasteiger charge is -2.24. The first-order valence-electron chi connectivity index (χ1n) is 6.64. The number of hydrogen-bond donors (Lipinski definition) is 1. The van der Waals surface area contributed by atoms with Gasteiger partial charge in [0.05, 0.1) is 0 Å². The Bertz CT molecular complexity index is 401. The minimum Gasteiger partial charge on any atom is -0.486 e. The zero-order valence-corrected chi connectivity index (χ0v) is 11.6. The summed E-state index contributed by atoms with van der Waals surface area (Å²) in [5, 5.41) is 3.25. The van der Waals surface area contributed by atoms with E-state index in [1.807, 2.05) is 13.1 Å². The summed E-state index contributed by atoms with van der Waals surface area (Å²) >= 11 is 0. The lowest BCUT2D eigenvalue weighted by atomic mass is 9.86. The second-order valence-corrected chi connectivity index (χ2v) is 5.67. The number of nitrogens with one attached hydrogen (secondary N) is 1. The average molecular weight is 249 g/mol. The van der Waals surface area contributed by atoms with Crippen molar-refractivity contribution < 1.29 is 9.47 Å². The van der Waals surface area contributed by atoms with Crippen molar-refractivity contribution in [2.45, 2.75) is 26.7 Å². The van der Waals surface area contributed by atoms with E-state index in [4.69, 9.17) is 9.47 Å². The van der Waals surface area contributed by atoms with Crippen molar-refractivity contribution >= 4 is 0 Å². The standard InChI is InChI=1S/C15H23NO2/c1-15(2,11-16-3)7-6-12-4-5-13-14(10-12)18-9-8-17-13/h4-5,10,16H,6-9,11H2,1-3H3. The van der Waals surface area contributed by atoms with Gasteiger partial charge in [0, 0.05) is 0 Å². The van der Waals surface area contributed by atoms with Crippen LogP contribution < -0.4 is 14.8 Å². The highest BCUT2D eigenvalue weighted by atomic mass is 16.6. The number of fused-ring (bicyclic) bond motifs is 1. The van der Waals surface area contributed by atoms with Gasteiger partial charge in [-0.2, -0.15) is 0 Å². The van der Waals surface area contributed by atoms with Crippen LogP contribution in [-0.4, -0.2) is 26.8 Å². The fourth-order valence-electron chi connectivity index (χ4n) is 2.29. The zero-order valence-electron chi connectivity index (χ0n) is 11.6. The quantitative estimate of drug-likeness (QED) is 0.870. The first-order chi connectivity index (χ1) is 8.61. The summed E-state index contributed by atoms with van der Waals surface area (Å²) in [4.78, 5) is 0. The SMILES string of the molecule is CNCC(C)(C)CCc1ccc2c(c1)OCCO2. The molecule has 1 heterocycles. The Hall–Kier alpha value is -1.22. The summed E-state index contributed by atoms with van der Waals surface area (Å²) in [6.45, 7) is 6.93. The third-order valence-corrected chi connectivity index (χ3v) is 3.35. The lowest BCUT2D eigenvalue weighted by Crippen LogP contribution is -2.27. The van der Waals surface area contributed by atoms with Crippen LogP contribution in [0.15, 0.2) is 18.2 Å². The number of hydrogen-bond acceptors (Lipinski definition) is 3. The monoisotopic (exact) mass is 249 g/mol. The molecular weight excluding hydrogens is 226 g/mol. The number of rotatable bonds is 5. The molecule has 0 spiro atoms. The smallest absolute Gasteiger partial charge is 0.161 e. The van der Waals surface area contributed by atoms with E-state index in [1.165, 1.54) is 5.56 Å². The van der Waals surface area contributed by atoms with Gasteiger partial charge in [0.2, 0.25) is 0 Å². The molecule has 3 heteroatoms. The van der Waals surface area contributed by atoms with E-state index in [2.05, 4.69) is 31.3 Å². The molecule has 3 nitrogen and oxygen atoms in total. The van der Waals surface area contributed by atoms with Crippen LogP contribution in [0.5, 0.6) is 11.5 Å². The van der Waals surface area contributed by atoms with Crippen molar-refractivity contribution in [3.05, 3.63) is 23.8 Å². The Morgan fingerprint density at radius 3 is 2.61 bits per heavy atom. The molecule has 1 aromatic rings. The first kappa shape index (κ1) is 13.2. The van der Waals surface area contributed by atoms with Gasteiger partial charge in [0.25, 0.3) is 0 Å². The molecule has 0 aromatic heterocycles. The molecule has 0 bridgehead atoms. The van der Waals surface area contributed by atoms with Gasteiger partial charge in [0.15, 0.2) is 11.5 Å². The van der Waals surface area contributed by atoms with Gasteiger partial charge in [-0.05, 0) is 49.5 Å². The second kappa shape index (κ2) is 5.61. The highest BCUT2D eigenvalue weighted by molar-refractivity contribution is 5.43. The molecular formula is C15H23NO2. The Balaban J connectivity index is 1.98. The maximum Gasteiger partial charge on any atom is 0.161 e. The average Bonchev–Trinajstić information content (AvgIpc) is 2.36. The van der Waals surface area contributed by atoms with Crippen molar-refractivity contribution in [2.75, 3.05) is 26.8 Å². The number of benzene rings is 1. The molecule has 0 saturated carbocycles. The van der Waals surface area contributed by atoms with Crippen molar-refractivity contribution in [1.82, 2.24) is 5.32 Å². The van der Waals surface area contributed by atoms with E-state index < -0.39 is 0 Å². The highest BCUT2D eigenvalue weighted by Gasteiger charge is 2.17. The fourth-order valence-corrected chi connectivity index (χ4v) is 2.29. The Morgan fingerprint density at radius 1 is 1.17 bits per heavy atom. The summed E-state index contributed by atoms with van der Waals surface area (Å²) in [5.74, 6) is 1.77. The minimum atomic E-state index is 0.321. The molecule has 0 unspecified atom stereocenters. The number of aryl methyl sites for hydroxylation is 1. The molecule has 0 aliphatic carbocycles. The fraction of sp³-hybridized carbons (Fsp3) is 0.600. The largest absolute Gasteiger partial charge is 0.486 e. The summed E-state index contributed by atoms with van der Waals surface area (Å²) in [7, 11) is 2.01. The molecule has 0 saturated heterocycles. The molecule has 0 fully saturated rings. The molecule has 1 aliphatic heterocycles. The predicted molar refractivity (Wildman–Crippen MR) is 73.5 cm³/mol. The van der Waals surface area contributed by atoms with Crippen molar-refractivity contribution in [1.29, 1.82) is 0 Å². The van der Waals surface area contributed by atoms with E-state index in [9.17, 15) is 0 Å². The van der Waals surface area contributed by atoms with Crippen LogP contribution in [-0.2, 0) is 6.42 Å². The number of ether oxygens (including phenoxy) is 2. The molecule has 1 aromatic carbocycles. The van der Waals surface area contributed by atoms with Gasteiger partial charge in [-0.3, -0.25) is 0 Å². The van der Waals surface area contributed by atoms with E-state index in [-0.39, 0.29) is 0 Å². The third-order valence-electron chi connectivity index (χ3n) is 3.35. The Labute approximate surface area is 109 Å². The van der Waals surface area contributed by atoms with Crippen LogP contribution >= 0.6 is 0 Å². The molecule has 0 radical (unpaired) electrons. The Morgan fingerprint density at radius 2 is 1.89 bits per heavy atom. The van der Waals surface area contributed by atoms with Gasteiger partial charge in [-0.25, -0.2) is 0 Å². The lowest BCUT2D eigenvalue weighted by molar-refractivity contribution is 0.171. The molecule has 0 amide bonds. The van der Waals surface area contributed by atoms with E-state index >= 15 is 0 Å². The van der Waals surface area contributed by atoms with Crippen LogP contribution in [0.25, 0.3) is 0 Å². The summed E-state index contributed by atoms with van der Waals surface area (Å²) < 4.78 is 11.1. The Kier molecular flexibility index (Phi) is 4.12. The van der Waals surface area contributed by atoms with Crippen LogP contribution in [0.2, 0.25) is 0 Å². The van der Waals surface area contributed by atoms with Crippen molar-refractivity contribution in [3.8, 4) is 11.5 Å². The van der Waals surface area contributed by atoms with Crippen LogP contribution in [0.1, 0.15) is 25.8 Å². The normalized spacial score (nSPS) is 14.6. The summed E-state index contributed by atoms with van der Waals surface area (Å²) in [6.07, 6.45) is 2.23. The van der Waals surface area contributed by atoms with Crippen molar-refractivity contribution in [2.24, 2.45) is 5.41 Å². The van der Waals surface area contributed by atoms with Gasteiger partial charge in [0.1, 0.15) is 13.2 Å².